The van der Waals surface area contributed by atoms with Gasteiger partial charge >= 0.3 is 18.5 Å². The van der Waals surface area contributed by atoms with Gasteiger partial charge in [0.25, 0.3) is 0 Å². The molecule has 0 aliphatic carbocycles. The van der Waals surface area contributed by atoms with E-state index in [2.05, 4.69) is 32.1 Å². The first-order chi connectivity index (χ1) is 12.6. The number of hydrogen-bond donors (Lipinski definition) is 0. The Morgan fingerprint density at radius 1 is 0.577 bits per heavy atom. The predicted molar refractivity (Wildman–Crippen MR) is 87.7 cm³/mol. The SMILES string of the molecule is C=CCOC(=O)OCCCOC(=O)OCCOCCOC(=O)OCC=C. The number of ether oxygens (including phenoxy) is 7. The van der Waals surface area contributed by atoms with Crippen molar-refractivity contribution in [3.05, 3.63) is 25.3 Å². The van der Waals surface area contributed by atoms with Crippen molar-refractivity contribution in [3.63, 3.8) is 0 Å². The van der Waals surface area contributed by atoms with E-state index in [0.717, 1.165) is 0 Å². The van der Waals surface area contributed by atoms with Crippen LogP contribution >= 0.6 is 0 Å². The van der Waals surface area contributed by atoms with E-state index < -0.39 is 18.5 Å². The van der Waals surface area contributed by atoms with Crippen molar-refractivity contribution in [1.82, 2.24) is 0 Å². The first-order valence-electron chi connectivity index (χ1n) is 7.78. The lowest BCUT2D eigenvalue weighted by Crippen LogP contribution is -2.16. The molecule has 148 valence electrons. The summed E-state index contributed by atoms with van der Waals surface area (Å²) >= 11 is 0. The molecule has 10 nitrogen and oxygen atoms in total. The lowest BCUT2D eigenvalue weighted by Gasteiger charge is -2.08. The Morgan fingerprint density at radius 3 is 1.38 bits per heavy atom. The Hall–Kier alpha value is -2.75. The van der Waals surface area contributed by atoms with Gasteiger partial charge in [-0.05, 0) is 0 Å². The minimum absolute atomic E-state index is 0.00958. The van der Waals surface area contributed by atoms with Gasteiger partial charge in [0.2, 0.25) is 0 Å². The average Bonchev–Trinajstić information content (AvgIpc) is 2.63. The van der Waals surface area contributed by atoms with E-state index >= 15 is 0 Å². The molecule has 0 aromatic rings. The van der Waals surface area contributed by atoms with Crippen LogP contribution in [0.25, 0.3) is 0 Å². The highest BCUT2D eigenvalue weighted by Crippen LogP contribution is 1.93. The van der Waals surface area contributed by atoms with Gasteiger partial charge in [-0.2, -0.15) is 0 Å². The zero-order valence-electron chi connectivity index (χ0n) is 14.5. The highest BCUT2D eigenvalue weighted by molar-refractivity contribution is 5.60. The molecule has 26 heavy (non-hydrogen) atoms. The summed E-state index contributed by atoms with van der Waals surface area (Å²) in [6.45, 7) is 7.19. The maximum Gasteiger partial charge on any atom is 0.508 e. The fourth-order valence-electron chi connectivity index (χ4n) is 1.22. The molecule has 0 N–H and O–H groups in total. The van der Waals surface area contributed by atoms with Crippen LogP contribution in [0.5, 0.6) is 0 Å². The quantitative estimate of drug-likeness (QED) is 0.193. The minimum atomic E-state index is -0.868. The number of rotatable bonds is 14. The molecular weight excluding hydrogens is 352 g/mol. The molecule has 0 saturated heterocycles. The molecule has 0 aliphatic heterocycles. The van der Waals surface area contributed by atoms with Gasteiger partial charge in [0, 0.05) is 6.42 Å². The fourth-order valence-corrected chi connectivity index (χ4v) is 1.22. The molecule has 0 unspecified atom stereocenters. The van der Waals surface area contributed by atoms with Crippen LogP contribution in [0.1, 0.15) is 6.42 Å². The van der Waals surface area contributed by atoms with Crippen LogP contribution in [0.4, 0.5) is 14.4 Å². The summed E-state index contributed by atoms with van der Waals surface area (Å²) in [4.78, 5) is 33.1. The van der Waals surface area contributed by atoms with Crippen molar-refractivity contribution in [1.29, 1.82) is 0 Å². The maximum atomic E-state index is 11.2. The van der Waals surface area contributed by atoms with Crippen LogP contribution < -0.4 is 0 Å². The number of hydrogen-bond acceptors (Lipinski definition) is 10. The van der Waals surface area contributed by atoms with Crippen LogP contribution in [0.3, 0.4) is 0 Å². The summed E-state index contributed by atoms with van der Waals surface area (Å²) in [5, 5.41) is 0. The standard InChI is InChI=1S/C16H24O10/c1-3-6-21-14(17)23-8-5-9-24-16(19)26-13-11-20-10-12-25-15(18)22-7-4-2/h3-4H,1-2,5-13H2. The largest absolute Gasteiger partial charge is 0.508 e. The van der Waals surface area contributed by atoms with E-state index in [9.17, 15) is 14.4 Å². The third kappa shape index (κ3) is 16.1. The summed E-state index contributed by atoms with van der Waals surface area (Å²) in [7, 11) is 0. The number of carbonyl (C=O) groups is 3. The van der Waals surface area contributed by atoms with Crippen LogP contribution in [-0.2, 0) is 33.2 Å². The van der Waals surface area contributed by atoms with Crippen LogP contribution in [0.15, 0.2) is 25.3 Å². The van der Waals surface area contributed by atoms with Gasteiger partial charge < -0.3 is 33.2 Å². The molecule has 0 aromatic carbocycles. The molecule has 0 saturated carbocycles. The molecule has 10 heteroatoms. The van der Waals surface area contributed by atoms with Gasteiger partial charge in [0.15, 0.2) is 0 Å². The summed E-state index contributed by atoms with van der Waals surface area (Å²) < 4.78 is 33.1. The summed E-state index contributed by atoms with van der Waals surface area (Å²) in [5.41, 5.74) is 0. The summed E-state index contributed by atoms with van der Waals surface area (Å²) in [6.07, 6.45) is 0.629. The van der Waals surface area contributed by atoms with Crippen molar-refractivity contribution in [2.75, 3.05) is 52.9 Å². The second-order valence-corrected chi connectivity index (χ2v) is 4.31. The smallest absolute Gasteiger partial charge is 0.434 e. The molecule has 0 aromatic heterocycles. The lowest BCUT2D eigenvalue weighted by atomic mass is 10.5. The van der Waals surface area contributed by atoms with Gasteiger partial charge in [-0.15, -0.1) is 0 Å². The second-order valence-electron chi connectivity index (χ2n) is 4.31. The van der Waals surface area contributed by atoms with Crippen LogP contribution in [0, 0.1) is 0 Å². The Balaban J connectivity index is 3.36. The number of carbonyl (C=O) groups excluding carboxylic acids is 3. The van der Waals surface area contributed by atoms with Crippen molar-refractivity contribution in [3.8, 4) is 0 Å². The molecule has 0 heterocycles. The molecule has 0 rings (SSSR count). The second kappa shape index (κ2) is 17.1. The molecule has 0 radical (unpaired) electrons. The monoisotopic (exact) mass is 376 g/mol. The van der Waals surface area contributed by atoms with Crippen LogP contribution in [-0.4, -0.2) is 71.3 Å². The topological polar surface area (TPSA) is 116 Å². The highest BCUT2D eigenvalue weighted by atomic mass is 16.7. The average molecular weight is 376 g/mol. The van der Waals surface area contributed by atoms with Gasteiger partial charge in [0.1, 0.15) is 26.4 Å². The summed E-state index contributed by atoms with van der Waals surface area (Å²) in [5.74, 6) is 0. The van der Waals surface area contributed by atoms with Crippen molar-refractivity contribution < 1.29 is 47.5 Å². The zero-order chi connectivity index (χ0) is 19.5. The third-order valence-electron chi connectivity index (χ3n) is 2.26. The first kappa shape index (κ1) is 23.2. The Labute approximate surface area is 151 Å². The van der Waals surface area contributed by atoms with E-state index in [4.69, 9.17) is 14.2 Å². The Morgan fingerprint density at radius 2 is 0.962 bits per heavy atom. The molecule has 0 fully saturated rings. The molecular formula is C16H24O10. The van der Waals surface area contributed by atoms with Gasteiger partial charge in [-0.25, -0.2) is 14.4 Å². The Kier molecular flexibility index (Phi) is 15.3. The normalized spacial score (nSPS) is 9.54. The molecule has 0 aliphatic rings. The zero-order valence-corrected chi connectivity index (χ0v) is 14.5. The molecule has 0 bridgehead atoms. The highest BCUT2D eigenvalue weighted by Gasteiger charge is 2.06. The Bertz CT molecular complexity index is 435. The molecule has 0 atom stereocenters. The van der Waals surface area contributed by atoms with E-state index in [1.165, 1.54) is 12.2 Å². The summed E-state index contributed by atoms with van der Waals surface area (Å²) in [6, 6.07) is 0. The molecule has 0 amide bonds. The van der Waals surface area contributed by atoms with E-state index in [-0.39, 0.29) is 52.9 Å². The predicted octanol–water partition coefficient (Wildman–Crippen LogP) is 2.22. The maximum absolute atomic E-state index is 11.2. The minimum Gasteiger partial charge on any atom is -0.434 e. The van der Waals surface area contributed by atoms with Crippen molar-refractivity contribution in [2.45, 2.75) is 6.42 Å². The fraction of sp³-hybridized carbons (Fsp3) is 0.562. The van der Waals surface area contributed by atoms with Crippen molar-refractivity contribution in [2.24, 2.45) is 0 Å². The molecule has 0 spiro atoms. The van der Waals surface area contributed by atoms with Gasteiger partial charge in [0.05, 0.1) is 26.4 Å². The van der Waals surface area contributed by atoms with Gasteiger partial charge in [-0.3, -0.25) is 0 Å². The first-order valence-corrected chi connectivity index (χ1v) is 7.78. The van der Waals surface area contributed by atoms with E-state index in [0.29, 0.717) is 6.42 Å². The van der Waals surface area contributed by atoms with Gasteiger partial charge in [-0.1, -0.05) is 25.3 Å². The van der Waals surface area contributed by atoms with Crippen LogP contribution in [0.2, 0.25) is 0 Å². The lowest BCUT2D eigenvalue weighted by molar-refractivity contribution is 0.00621. The third-order valence-corrected chi connectivity index (χ3v) is 2.26. The van der Waals surface area contributed by atoms with E-state index in [1.807, 2.05) is 0 Å². The van der Waals surface area contributed by atoms with Crippen molar-refractivity contribution >= 4 is 18.5 Å². The van der Waals surface area contributed by atoms with E-state index in [1.54, 1.807) is 0 Å².